The average molecular weight is 326 g/mol. The third-order valence-corrected chi connectivity index (χ3v) is 3.78. The summed E-state index contributed by atoms with van der Waals surface area (Å²) in [6.07, 6.45) is 3.80. The summed E-state index contributed by atoms with van der Waals surface area (Å²) in [6.45, 7) is 0.413. The van der Waals surface area contributed by atoms with Crippen molar-refractivity contribution in [1.29, 1.82) is 0 Å². The van der Waals surface area contributed by atoms with Gasteiger partial charge in [0.25, 0.3) is 11.6 Å². The van der Waals surface area contributed by atoms with Gasteiger partial charge in [0.2, 0.25) is 0 Å². The van der Waals surface area contributed by atoms with Gasteiger partial charge in [-0.3, -0.25) is 19.7 Å². The largest absolute Gasteiger partial charge is 0.481 e. The highest BCUT2D eigenvalue weighted by atomic mass is 32.2. The summed E-state index contributed by atoms with van der Waals surface area (Å²) in [7, 11) is 0. The van der Waals surface area contributed by atoms with Gasteiger partial charge >= 0.3 is 5.97 Å². The Labute approximate surface area is 132 Å². The quantitative estimate of drug-likeness (QED) is 0.312. The van der Waals surface area contributed by atoms with Crippen LogP contribution in [0.2, 0.25) is 0 Å². The van der Waals surface area contributed by atoms with Crippen LogP contribution in [0.3, 0.4) is 0 Å². The van der Waals surface area contributed by atoms with E-state index in [1.165, 1.54) is 17.8 Å². The molecule has 8 heteroatoms. The Morgan fingerprint density at radius 1 is 1.32 bits per heavy atom. The van der Waals surface area contributed by atoms with E-state index in [9.17, 15) is 19.7 Å². The first-order valence-corrected chi connectivity index (χ1v) is 8.00. The molecule has 0 saturated carbocycles. The second kappa shape index (κ2) is 9.04. The van der Waals surface area contributed by atoms with E-state index >= 15 is 0 Å². The average Bonchev–Trinajstić information content (AvgIpc) is 2.49. The molecule has 0 aromatic heterocycles. The highest BCUT2D eigenvalue weighted by molar-refractivity contribution is 7.98. The molecule has 7 nitrogen and oxygen atoms in total. The van der Waals surface area contributed by atoms with E-state index in [-0.39, 0.29) is 23.6 Å². The van der Waals surface area contributed by atoms with Crippen LogP contribution in [0.4, 0.5) is 5.69 Å². The molecule has 0 atom stereocenters. The van der Waals surface area contributed by atoms with Crippen molar-refractivity contribution in [3.63, 3.8) is 0 Å². The third-order valence-electron chi connectivity index (χ3n) is 2.99. The summed E-state index contributed by atoms with van der Waals surface area (Å²) >= 11 is 1.25. The smallest absolute Gasteiger partial charge is 0.303 e. The van der Waals surface area contributed by atoms with Crippen LogP contribution in [0.5, 0.6) is 0 Å². The molecule has 2 N–H and O–H groups in total. The monoisotopic (exact) mass is 326 g/mol. The minimum Gasteiger partial charge on any atom is -0.481 e. The number of nitrogens with one attached hydrogen (secondary N) is 1. The molecule has 120 valence electrons. The minimum absolute atomic E-state index is 0.0818. The number of carboxylic acids is 1. The van der Waals surface area contributed by atoms with Gasteiger partial charge in [0.15, 0.2) is 0 Å². The lowest BCUT2D eigenvalue weighted by Gasteiger charge is -2.06. The summed E-state index contributed by atoms with van der Waals surface area (Å²) in [5, 5.41) is 22.1. The van der Waals surface area contributed by atoms with E-state index in [0.29, 0.717) is 30.7 Å². The number of nitro groups is 1. The zero-order valence-corrected chi connectivity index (χ0v) is 13.0. The first-order valence-electron chi connectivity index (χ1n) is 6.78. The van der Waals surface area contributed by atoms with Gasteiger partial charge in [-0.1, -0.05) is 6.42 Å². The number of nitrogens with zero attached hydrogens (tertiary/aromatic N) is 1. The Bertz CT molecular complexity index is 562. The van der Waals surface area contributed by atoms with Gasteiger partial charge in [-0.15, -0.1) is 11.8 Å². The van der Waals surface area contributed by atoms with Crippen molar-refractivity contribution < 1.29 is 19.6 Å². The molecular formula is C14H18N2O5S. The molecule has 0 heterocycles. The van der Waals surface area contributed by atoms with Gasteiger partial charge in [-0.2, -0.15) is 0 Å². The summed E-state index contributed by atoms with van der Waals surface area (Å²) in [5.41, 5.74) is 0.164. The number of carbonyl (C=O) groups is 2. The molecule has 0 aliphatic carbocycles. The highest BCUT2D eigenvalue weighted by Crippen LogP contribution is 2.28. The van der Waals surface area contributed by atoms with Gasteiger partial charge in [0.1, 0.15) is 0 Å². The van der Waals surface area contributed by atoms with Crippen molar-refractivity contribution in [1.82, 2.24) is 5.32 Å². The summed E-state index contributed by atoms with van der Waals surface area (Å²) in [4.78, 5) is 33.2. The lowest BCUT2D eigenvalue weighted by Crippen LogP contribution is -2.24. The van der Waals surface area contributed by atoms with Crippen molar-refractivity contribution in [2.45, 2.75) is 30.6 Å². The lowest BCUT2D eigenvalue weighted by atomic mass is 10.1. The highest BCUT2D eigenvalue weighted by Gasteiger charge is 2.16. The summed E-state index contributed by atoms with van der Waals surface area (Å²) < 4.78 is 0. The molecule has 1 rings (SSSR count). The lowest BCUT2D eigenvalue weighted by molar-refractivity contribution is -0.387. The fraction of sp³-hybridized carbons (Fsp3) is 0.429. The van der Waals surface area contributed by atoms with Crippen LogP contribution in [-0.4, -0.2) is 34.7 Å². The Morgan fingerprint density at radius 3 is 2.64 bits per heavy atom. The van der Waals surface area contributed by atoms with Crippen LogP contribution in [0.15, 0.2) is 23.1 Å². The minimum atomic E-state index is -0.828. The normalized spacial score (nSPS) is 10.2. The molecule has 1 aromatic rings. The number of amides is 1. The van der Waals surface area contributed by atoms with Crippen molar-refractivity contribution in [3.8, 4) is 0 Å². The standard InChI is InChI=1S/C14H18N2O5S/c1-22-12-7-6-10(9-11(12)16(20)21)14(19)15-8-4-2-3-5-13(17)18/h6-7,9H,2-5,8H2,1H3,(H,15,19)(H,17,18). The maximum atomic E-state index is 11.9. The number of hydrogen-bond donors (Lipinski definition) is 2. The Kier molecular flexibility index (Phi) is 7.38. The molecule has 0 aliphatic heterocycles. The SMILES string of the molecule is CSc1ccc(C(=O)NCCCCCC(=O)O)cc1[N+](=O)[O-]. The van der Waals surface area contributed by atoms with E-state index < -0.39 is 10.9 Å². The first kappa shape index (κ1) is 18.0. The van der Waals surface area contributed by atoms with E-state index in [4.69, 9.17) is 5.11 Å². The maximum Gasteiger partial charge on any atom is 0.303 e. The van der Waals surface area contributed by atoms with Crippen molar-refractivity contribution in [3.05, 3.63) is 33.9 Å². The molecule has 1 amide bonds. The molecule has 0 saturated heterocycles. The predicted molar refractivity (Wildman–Crippen MR) is 83.3 cm³/mol. The van der Waals surface area contributed by atoms with Gasteiger partial charge < -0.3 is 10.4 Å². The van der Waals surface area contributed by atoms with E-state index in [0.717, 1.165) is 0 Å². The number of nitro benzene ring substituents is 1. The fourth-order valence-corrected chi connectivity index (χ4v) is 2.40. The molecule has 0 radical (unpaired) electrons. The Morgan fingerprint density at radius 2 is 2.05 bits per heavy atom. The summed E-state index contributed by atoms with van der Waals surface area (Å²) in [5.74, 6) is -1.20. The molecule has 0 spiro atoms. The molecule has 0 unspecified atom stereocenters. The van der Waals surface area contributed by atoms with Gasteiger partial charge in [-0.05, 0) is 31.2 Å². The first-order chi connectivity index (χ1) is 10.5. The molecule has 0 bridgehead atoms. The zero-order chi connectivity index (χ0) is 16.5. The number of carbonyl (C=O) groups excluding carboxylic acids is 1. The van der Waals surface area contributed by atoms with Crippen LogP contribution in [0.1, 0.15) is 36.0 Å². The van der Waals surface area contributed by atoms with Gasteiger partial charge in [-0.25, -0.2) is 0 Å². The molecular weight excluding hydrogens is 308 g/mol. The second-order valence-corrected chi connectivity index (χ2v) is 5.45. The molecule has 1 aromatic carbocycles. The van der Waals surface area contributed by atoms with E-state index in [1.54, 1.807) is 18.4 Å². The third kappa shape index (κ3) is 5.72. The summed E-state index contributed by atoms with van der Waals surface area (Å²) in [6, 6.07) is 4.38. The molecule has 22 heavy (non-hydrogen) atoms. The number of carboxylic acid groups (broad SMARTS) is 1. The predicted octanol–water partition coefficient (Wildman–Crippen LogP) is 2.69. The van der Waals surface area contributed by atoms with Crippen LogP contribution in [0.25, 0.3) is 0 Å². The van der Waals surface area contributed by atoms with Crippen molar-refractivity contribution >= 4 is 29.3 Å². The van der Waals surface area contributed by atoms with Crippen LogP contribution < -0.4 is 5.32 Å². The Balaban J connectivity index is 2.50. The fourth-order valence-electron chi connectivity index (χ4n) is 1.86. The number of aliphatic carboxylic acids is 1. The number of rotatable bonds is 9. The van der Waals surface area contributed by atoms with Gasteiger partial charge in [0, 0.05) is 24.6 Å². The van der Waals surface area contributed by atoms with Crippen molar-refractivity contribution in [2.24, 2.45) is 0 Å². The second-order valence-electron chi connectivity index (χ2n) is 4.60. The maximum absolute atomic E-state index is 11.9. The van der Waals surface area contributed by atoms with Crippen LogP contribution >= 0.6 is 11.8 Å². The van der Waals surface area contributed by atoms with Crippen LogP contribution in [-0.2, 0) is 4.79 Å². The van der Waals surface area contributed by atoms with E-state index in [2.05, 4.69) is 5.32 Å². The van der Waals surface area contributed by atoms with Crippen LogP contribution in [0, 0.1) is 10.1 Å². The number of benzene rings is 1. The van der Waals surface area contributed by atoms with Gasteiger partial charge in [0.05, 0.1) is 9.82 Å². The van der Waals surface area contributed by atoms with E-state index in [1.807, 2.05) is 0 Å². The molecule has 0 aliphatic rings. The van der Waals surface area contributed by atoms with Crippen molar-refractivity contribution in [2.75, 3.05) is 12.8 Å². The number of hydrogen-bond acceptors (Lipinski definition) is 5. The number of thioether (sulfide) groups is 1. The topological polar surface area (TPSA) is 110 Å². The zero-order valence-electron chi connectivity index (χ0n) is 12.2. The molecule has 0 fully saturated rings. The Hall–Kier alpha value is -2.09. The number of unbranched alkanes of at least 4 members (excludes halogenated alkanes) is 2.